The lowest BCUT2D eigenvalue weighted by atomic mass is 10.1. The summed E-state index contributed by atoms with van der Waals surface area (Å²) in [6.45, 7) is 4.81. The smallest absolute Gasteiger partial charge is 0.263 e. The van der Waals surface area contributed by atoms with Crippen molar-refractivity contribution in [3.63, 3.8) is 0 Å². The summed E-state index contributed by atoms with van der Waals surface area (Å²) in [6, 6.07) is 4.15. The number of nitrogens with one attached hydrogen (secondary N) is 1. The third kappa shape index (κ3) is 3.40. The van der Waals surface area contributed by atoms with Gasteiger partial charge in [-0.1, -0.05) is 12.1 Å². The number of nitrogens with zero attached hydrogens (tertiary/aromatic N) is 1. The molecule has 1 aromatic rings. The quantitative estimate of drug-likeness (QED) is 0.862. The van der Waals surface area contributed by atoms with Gasteiger partial charge in [-0.25, -0.2) is 8.78 Å². The topological polar surface area (TPSA) is 35.5 Å². The van der Waals surface area contributed by atoms with Gasteiger partial charge in [0.2, 0.25) is 0 Å². The van der Waals surface area contributed by atoms with Crippen LogP contribution in [0.25, 0.3) is 0 Å². The highest BCUT2D eigenvalue weighted by atomic mass is 19.3. The van der Waals surface area contributed by atoms with Crippen LogP contribution >= 0.6 is 0 Å². The molecule has 0 aromatic heterocycles. The maximum Gasteiger partial charge on any atom is 0.263 e. The van der Waals surface area contributed by atoms with Crippen molar-refractivity contribution in [3.05, 3.63) is 29.3 Å². The zero-order valence-corrected chi connectivity index (χ0v) is 10.2. The minimum absolute atomic E-state index is 0.0251. The summed E-state index contributed by atoms with van der Waals surface area (Å²) < 4.78 is 24.9. The van der Waals surface area contributed by atoms with Crippen molar-refractivity contribution in [2.24, 2.45) is 0 Å². The molecule has 0 radical (unpaired) electrons. The summed E-state index contributed by atoms with van der Waals surface area (Å²) >= 11 is 0. The molecular weight excluding hydrogens is 238 g/mol. The number of rotatable bonds is 4. The maximum atomic E-state index is 12.4. The molecule has 0 aliphatic carbocycles. The van der Waals surface area contributed by atoms with Crippen LogP contribution in [0, 0.1) is 0 Å². The van der Waals surface area contributed by atoms with Gasteiger partial charge < -0.3 is 15.3 Å². The minimum atomic E-state index is -2.53. The lowest BCUT2D eigenvalue weighted by molar-refractivity contribution is 0.151. The van der Waals surface area contributed by atoms with Gasteiger partial charge in [0.15, 0.2) is 0 Å². The van der Waals surface area contributed by atoms with Crippen LogP contribution in [0.15, 0.2) is 18.2 Å². The summed E-state index contributed by atoms with van der Waals surface area (Å²) in [7, 11) is 0. The molecule has 1 fully saturated rings. The lowest BCUT2D eigenvalue weighted by Gasteiger charge is -2.27. The van der Waals surface area contributed by atoms with E-state index in [-0.39, 0.29) is 11.3 Å². The largest absolute Gasteiger partial charge is 0.508 e. The molecule has 0 unspecified atom stereocenters. The summed E-state index contributed by atoms with van der Waals surface area (Å²) in [5.74, 6) is -0.0251. The standard InChI is InChI=1S/C13H18F2N2O/c14-13(15)11-2-1-10(12(18)9-11)3-6-17-7-4-16-5-8-17/h1-2,9,13,16,18H,3-8H2. The first-order valence-corrected chi connectivity index (χ1v) is 6.20. The predicted octanol–water partition coefficient (Wildman–Crippen LogP) is 1.78. The second-order valence-electron chi connectivity index (χ2n) is 4.53. The maximum absolute atomic E-state index is 12.4. The first kappa shape index (κ1) is 13.2. The lowest BCUT2D eigenvalue weighted by Crippen LogP contribution is -2.44. The average Bonchev–Trinajstić information content (AvgIpc) is 2.38. The van der Waals surface area contributed by atoms with Gasteiger partial charge in [0.05, 0.1) is 0 Å². The molecule has 1 aromatic carbocycles. The van der Waals surface area contributed by atoms with E-state index in [1.807, 2.05) is 0 Å². The molecule has 18 heavy (non-hydrogen) atoms. The molecule has 1 aliphatic heterocycles. The van der Waals surface area contributed by atoms with Gasteiger partial charge in [0.25, 0.3) is 6.43 Å². The normalized spacial score (nSPS) is 17.3. The molecule has 100 valence electrons. The van der Waals surface area contributed by atoms with Gasteiger partial charge >= 0.3 is 0 Å². The predicted molar refractivity (Wildman–Crippen MR) is 66.1 cm³/mol. The van der Waals surface area contributed by atoms with Crippen molar-refractivity contribution in [3.8, 4) is 5.75 Å². The van der Waals surface area contributed by atoms with Crippen LogP contribution in [-0.4, -0.2) is 42.7 Å². The van der Waals surface area contributed by atoms with Crippen molar-refractivity contribution in [2.75, 3.05) is 32.7 Å². The van der Waals surface area contributed by atoms with Crippen LogP contribution in [0.3, 0.4) is 0 Å². The van der Waals surface area contributed by atoms with Crippen molar-refractivity contribution >= 4 is 0 Å². The van der Waals surface area contributed by atoms with E-state index in [2.05, 4.69) is 10.2 Å². The van der Waals surface area contributed by atoms with Crippen LogP contribution in [0.4, 0.5) is 8.78 Å². The zero-order chi connectivity index (χ0) is 13.0. The van der Waals surface area contributed by atoms with E-state index in [0.717, 1.165) is 44.4 Å². The van der Waals surface area contributed by atoms with Crippen LogP contribution < -0.4 is 5.32 Å². The molecule has 2 rings (SSSR count). The molecule has 1 aliphatic rings. The number of alkyl halides is 2. The van der Waals surface area contributed by atoms with Crippen molar-refractivity contribution in [2.45, 2.75) is 12.8 Å². The van der Waals surface area contributed by atoms with Gasteiger partial charge in [-0.15, -0.1) is 0 Å². The second kappa shape index (κ2) is 6.11. The van der Waals surface area contributed by atoms with Gasteiger partial charge in [-0.3, -0.25) is 0 Å². The van der Waals surface area contributed by atoms with Crippen LogP contribution in [0.5, 0.6) is 5.75 Å². The number of benzene rings is 1. The molecule has 0 saturated carbocycles. The Hall–Kier alpha value is -1.20. The van der Waals surface area contributed by atoms with E-state index in [4.69, 9.17) is 0 Å². The second-order valence-corrected chi connectivity index (χ2v) is 4.53. The number of aromatic hydroxyl groups is 1. The summed E-state index contributed by atoms with van der Waals surface area (Å²) in [4.78, 5) is 2.30. The Labute approximate surface area is 105 Å². The van der Waals surface area contributed by atoms with E-state index < -0.39 is 6.43 Å². The molecule has 3 nitrogen and oxygen atoms in total. The Balaban J connectivity index is 1.92. The first-order chi connectivity index (χ1) is 8.66. The third-order valence-corrected chi connectivity index (χ3v) is 3.27. The van der Waals surface area contributed by atoms with E-state index in [0.29, 0.717) is 6.42 Å². The summed E-state index contributed by atoms with van der Waals surface area (Å²) in [5, 5.41) is 13.0. The fourth-order valence-electron chi connectivity index (χ4n) is 2.14. The van der Waals surface area contributed by atoms with Crippen LogP contribution in [0.2, 0.25) is 0 Å². The number of hydrogen-bond donors (Lipinski definition) is 2. The minimum Gasteiger partial charge on any atom is -0.508 e. The number of phenols is 1. The molecule has 2 N–H and O–H groups in total. The highest BCUT2D eigenvalue weighted by Gasteiger charge is 2.12. The SMILES string of the molecule is Oc1cc(C(F)F)ccc1CCN1CCNCC1. The van der Waals surface area contributed by atoms with E-state index in [9.17, 15) is 13.9 Å². The molecule has 0 atom stereocenters. The van der Waals surface area contributed by atoms with Gasteiger partial charge in [-0.2, -0.15) is 0 Å². The molecule has 0 amide bonds. The number of piperazine rings is 1. The fraction of sp³-hybridized carbons (Fsp3) is 0.538. The van der Waals surface area contributed by atoms with E-state index in [1.54, 1.807) is 6.07 Å². The van der Waals surface area contributed by atoms with Crippen molar-refractivity contribution in [1.82, 2.24) is 10.2 Å². The molecule has 1 saturated heterocycles. The molecule has 0 bridgehead atoms. The van der Waals surface area contributed by atoms with Crippen molar-refractivity contribution in [1.29, 1.82) is 0 Å². The monoisotopic (exact) mass is 256 g/mol. The fourth-order valence-corrected chi connectivity index (χ4v) is 2.14. The Morgan fingerprint density at radius 1 is 1.28 bits per heavy atom. The van der Waals surface area contributed by atoms with Gasteiger partial charge in [0.1, 0.15) is 5.75 Å². The summed E-state index contributed by atoms with van der Waals surface area (Å²) in [6.07, 6.45) is -1.84. The third-order valence-electron chi connectivity index (χ3n) is 3.27. The zero-order valence-electron chi connectivity index (χ0n) is 10.2. The van der Waals surface area contributed by atoms with E-state index in [1.165, 1.54) is 6.07 Å². The molecular formula is C13H18F2N2O. The molecule has 0 spiro atoms. The number of halogens is 2. The van der Waals surface area contributed by atoms with Crippen LogP contribution in [0.1, 0.15) is 17.6 Å². The molecule has 1 heterocycles. The highest BCUT2D eigenvalue weighted by molar-refractivity contribution is 5.37. The van der Waals surface area contributed by atoms with Gasteiger partial charge in [-0.05, 0) is 18.1 Å². The molecule has 5 heteroatoms. The Bertz CT molecular complexity index is 393. The number of phenolic OH excluding ortho intramolecular Hbond substituents is 1. The Kier molecular flexibility index (Phi) is 4.49. The van der Waals surface area contributed by atoms with Crippen LogP contribution in [-0.2, 0) is 6.42 Å². The Morgan fingerprint density at radius 2 is 2.00 bits per heavy atom. The first-order valence-electron chi connectivity index (χ1n) is 6.20. The van der Waals surface area contributed by atoms with Gasteiger partial charge in [0, 0.05) is 38.3 Å². The Morgan fingerprint density at radius 3 is 2.61 bits per heavy atom. The number of hydrogen-bond acceptors (Lipinski definition) is 3. The van der Waals surface area contributed by atoms with E-state index >= 15 is 0 Å². The summed E-state index contributed by atoms with van der Waals surface area (Å²) in [5.41, 5.74) is 0.608. The highest BCUT2D eigenvalue weighted by Crippen LogP contribution is 2.26. The average molecular weight is 256 g/mol. The van der Waals surface area contributed by atoms with Crippen molar-refractivity contribution < 1.29 is 13.9 Å².